The Bertz CT molecular complexity index is 853. The Kier molecular flexibility index (Phi) is 7.99. The molecule has 154 valence electrons. The molecule has 0 saturated heterocycles. The zero-order chi connectivity index (χ0) is 21.2. The third kappa shape index (κ3) is 5.46. The minimum Gasteiger partial charge on any atom is -0.462 e. The van der Waals surface area contributed by atoms with Gasteiger partial charge in [-0.25, -0.2) is 0 Å². The molecule has 0 atom stereocenters. The van der Waals surface area contributed by atoms with E-state index in [1.54, 1.807) is 0 Å². The maximum absolute atomic E-state index is 11.0. The lowest BCUT2D eigenvalue weighted by Gasteiger charge is -2.27. The van der Waals surface area contributed by atoms with Gasteiger partial charge in [0, 0.05) is 6.92 Å². The van der Waals surface area contributed by atoms with Crippen LogP contribution in [0.1, 0.15) is 26.7 Å². The summed E-state index contributed by atoms with van der Waals surface area (Å²) >= 11 is 0. The molecule has 0 aliphatic heterocycles. The van der Waals surface area contributed by atoms with Crippen LogP contribution >= 0.6 is 7.26 Å². The van der Waals surface area contributed by atoms with E-state index in [1.165, 1.54) is 28.4 Å². The van der Waals surface area contributed by atoms with Crippen LogP contribution in [0.2, 0.25) is 0 Å². The zero-order valence-corrected chi connectivity index (χ0v) is 18.7. The number of esters is 1. The second-order valence-corrected chi connectivity index (χ2v) is 11.1. The van der Waals surface area contributed by atoms with Crippen molar-refractivity contribution in [3.8, 4) is 0 Å². The van der Waals surface area contributed by atoms with Gasteiger partial charge in [-0.1, -0.05) is 60.2 Å². The molecule has 3 aromatic carbocycles. The SMILES string of the molecule is CC(=O)OC/C=C(/C)CCC[P+](c1ccccc1)(c1ccccc1)c1ccccc1. The summed E-state index contributed by atoms with van der Waals surface area (Å²) in [5, 5.41) is 4.26. The van der Waals surface area contributed by atoms with Gasteiger partial charge in [0.05, 0.1) is 6.16 Å². The summed E-state index contributed by atoms with van der Waals surface area (Å²) in [5.41, 5.74) is 1.27. The molecule has 2 nitrogen and oxygen atoms in total. The Hall–Kier alpha value is -2.70. The van der Waals surface area contributed by atoms with E-state index in [0.717, 1.165) is 19.0 Å². The van der Waals surface area contributed by atoms with E-state index in [-0.39, 0.29) is 5.97 Å². The number of hydrogen-bond donors (Lipinski definition) is 0. The smallest absolute Gasteiger partial charge is 0.302 e. The molecular weight excluding hydrogens is 387 g/mol. The van der Waals surface area contributed by atoms with Crippen molar-refractivity contribution in [3.05, 3.63) is 103 Å². The van der Waals surface area contributed by atoms with Gasteiger partial charge in [-0.05, 0) is 62.2 Å². The maximum Gasteiger partial charge on any atom is 0.302 e. The highest BCUT2D eigenvalue weighted by atomic mass is 31.2. The van der Waals surface area contributed by atoms with Crippen molar-refractivity contribution in [1.29, 1.82) is 0 Å². The van der Waals surface area contributed by atoms with Crippen LogP contribution in [0.4, 0.5) is 0 Å². The summed E-state index contributed by atoms with van der Waals surface area (Å²) in [6, 6.07) is 32.9. The van der Waals surface area contributed by atoms with E-state index < -0.39 is 7.26 Å². The molecule has 0 bridgehead atoms. The van der Waals surface area contributed by atoms with Gasteiger partial charge in [0.15, 0.2) is 0 Å². The molecule has 0 spiro atoms. The van der Waals surface area contributed by atoms with Gasteiger partial charge in [-0.15, -0.1) is 0 Å². The Balaban J connectivity index is 1.94. The molecular formula is C27H30O2P+. The van der Waals surface area contributed by atoms with Crippen molar-refractivity contribution in [2.75, 3.05) is 12.8 Å². The molecule has 3 rings (SSSR count). The molecule has 0 amide bonds. The highest BCUT2D eigenvalue weighted by Gasteiger charge is 2.44. The largest absolute Gasteiger partial charge is 0.462 e. The normalized spacial score (nSPS) is 11.9. The number of benzene rings is 3. The highest BCUT2D eigenvalue weighted by molar-refractivity contribution is 7.95. The van der Waals surface area contributed by atoms with Crippen molar-refractivity contribution in [3.63, 3.8) is 0 Å². The molecule has 0 fully saturated rings. The van der Waals surface area contributed by atoms with Gasteiger partial charge in [0.25, 0.3) is 0 Å². The molecule has 3 aromatic rings. The second kappa shape index (κ2) is 10.9. The van der Waals surface area contributed by atoms with Gasteiger partial charge in [0.2, 0.25) is 0 Å². The Morgan fingerprint density at radius 1 is 0.767 bits per heavy atom. The monoisotopic (exact) mass is 417 g/mol. The van der Waals surface area contributed by atoms with Crippen LogP contribution in [0.3, 0.4) is 0 Å². The molecule has 0 radical (unpaired) electrons. The summed E-state index contributed by atoms with van der Waals surface area (Å²) in [4.78, 5) is 11.0. The summed E-state index contributed by atoms with van der Waals surface area (Å²) in [6.07, 6.45) is 5.20. The number of carbonyl (C=O) groups is 1. The number of allylic oxidation sites excluding steroid dienone is 1. The summed E-state index contributed by atoms with van der Waals surface area (Å²) in [5.74, 6) is -0.235. The molecule has 0 aliphatic rings. The first-order chi connectivity index (χ1) is 14.6. The minimum atomic E-state index is -1.76. The molecule has 0 heterocycles. The fraction of sp³-hybridized carbons (Fsp3) is 0.222. The summed E-state index contributed by atoms with van der Waals surface area (Å²) in [7, 11) is -1.76. The topological polar surface area (TPSA) is 26.3 Å². The molecule has 30 heavy (non-hydrogen) atoms. The first kappa shape index (κ1) is 22.0. The van der Waals surface area contributed by atoms with Gasteiger partial charge in [-0.3, -0.25) is 4.79 Å². The minimum absolute atomic E-state index is 0.235. The number of hydrogen-bond acceptors (Lipinski definition) is 2. The van der Waals surface area contributed by atoms with E-state index >= 15 is 0 Å². The van der Waals surface area contributed by atoms with E-state index in [1.807, 2.05) is 6.08 Å². The Labute approximate surface area is 181 Å². The van der Waals surface area contributed by atoms with Crippen LogP contribution in [0.15, 0.2) is 103 Å². The van der Waals surface area contributed by atoms with Crippen molar-refractivity contribution >= 4 is 29.1 Å². The quantitative estimate of drug-likeness (QED) is 0.269. The van der Waals surface area contributed by atoms with Crippen LogP contribution in [-0.4, -0.2) is 18.7 Å². The standard InChI is InChI=1S/C27H30O2P/c1-23(20-21-29-24(2)28)13-12-22-30(25-14-6-3-7-15-25,26-16-8-4-9-17-26)27-18-10-5-11-19-27/h3-11,14-20H,12-13,21-22H2,1-2H3/q+1/b23-20-. The predicted octanol–water partition coefficient (Wildman–Crippen LogP) is 5.27. The van der Waals surface area contributed by atoms with Crippen molar-refractivity contribution < 1.29 is 9.53 Å². The lowest BCUT2D eigenvalue weighted by Crippen LogP contribution is -2.33. The summed E-state index contributed by atoms with van der Waals surface area (Å²) < 4.78 is 5.06. The average molecular weight is 418 g/mol. The van der Waals surface area contributed by atoms with Crippen LogP contribution in [0.5, 0.6) is 0 Å². The molecule has 0 unspecified atom stereocenters. The fourth-order valence-electron chi connectivity index (χ4n) is 3.88. The average Bonchev–Trinajstić information content (AvgIpc) is 2.78. The first-order valence-electron chi connectivity index (χ1n) is 10.5. The molecule has 0 aromatic heterocycles. The maximum atomic E-state index is 11.0. The number of carbonyl (C=O) groups excluding carboxylic acids is 1. The lowest BCUT2D eigenvalue weighted by atomic mass is 10.2. The summed E-state index contributed by atoms with van der Waals surface area (Å²) in [6.45, 7) is 3.93. The number of rotatable bonds is 9. The van der Waals surface area contributed by atoms with Gasteiger partial charge < -0.3 is 4.74 Å². The van der Waals surface area contributed by atoms with E-state index in [4.69, 9.17) is 4.74 Å². The zero-order valence-electron chi connectivity index (χ0n) is 17.8. The molecule has 0 aliphatic carbocycles. The van der Waals surface area contributed by atoms with Crippen LogP contribution in [-0.2, 0) is 9.53 Å². The Morgan fingerprint density at radius 2 is 1.20 bits per heavy atom. The third-order valence-electron chi connectivity index (χ3n) is 5.37. The Morgan fingerprint density at radius 3 is 1.60 bits per heavy atom. The number of ether oxygens (including phenoxy) is 1. The van der Waals surface area contributed by atoms with E-state index in [9.17, 15) is 4.79 Å². The van der Waals surface area contributed by atoms with E-state index in [2.05, 4.69) is 97.9 Å². The molecule has 0 saturated carbocycles. The van der Waals surface area contributed by atoms with Gasteiger partial charge >= 0.3 is 5.97 Å². The highest BCUT2D eigenvalue weighted by Crippen LogP contribution is 2.56. The van der Waals surface area contributed by atoms with Gasteiger partial charge in [0.1, 0.15) is 29.8 Å². The van der Waals surface area contributed by atoms with Gasteiger partial charge in [-0.2, -0.15) is 0 Å². The lowest BCUT2D eigenvalue weighted by molar-refractivity contribution is -0.139. The molecule has 0 N–H and O–H groups in total. The van der Waals surface area contributed by atoms with Crippen LogP contribution < -0.4 is 15.9 Å². The van der Waals surface area contributed by atoms with Crippen molar-refractivity contribution in [1.82, 2.24) is 0 Å². The predicted molar refractivity (Wildman–Crippen MR) is 130 cm³/mol. The van der Waals surface area contributed by atoms with Crippen molar-refractivity contribution in [2.24, 2.45) is 0 Å². The molecule has 3 heteroatoms. The van der Waals surface area contributed by atoms with Crippen LogP contribution in [0, 0.1) is 0 Å². The third-order valence-corrected chi connectivity index (χ3v) is 9.90. The van der Waals surface area contributed by atoms with Crippen LogP contribution in [0.25, 0.3) is 0 Å². The van der Waals surface area contributed by atoms with E-state index in [0.29, 0.717) is 6.61 Å². The van der Waals surface area contributed by atoms with Crippen molar-refractivity contribution in [2.45, 2.75) is 26.7 Å². The fourth-order valence-corrected chi connectivity index (χ4v) is 8.23. The first-order valence-corrected chi connectivity index (χ1v) is 12.4. The second-order valence-electron chi connectivity index (χ2n) is 7.50.